The lowest BCUT2D eigenvalue weighted by molar-refractivity contribution is 0.870. The van der Waals surface area contributed by atoms with E-state index in [2.05, 4.69) is 16.5 Å². The van der Waals surface area contributed by atoms with Crippen molar-refractivity contribution in [1.29, 1.82) is 0 Å². The standard InChI is InChI=1S/C11H11N3/c1-2-9(12)10-6-5-8-4-3-7-13-11(8)14-10/h2-7,9H,1,12H2. The Bertz CT molecular complexity index is 465. The normalized spacial score (nSPS) is 12.6. The highest BCUT2D eigenvalue weighted by atomic mass is 14.9. The average Bonchev–Trinajstić information content (AvgIpc) is 2.27. The molecule has 70 valence electrons. The second kappa shape index (κ2) is 3.55. The van der Waals surface area contributed by atoms with E-state index in [-0.39, 0.29) is 6.04 Å². The summed E-state index contributed by atoms with van der Waals surface area (Å²) in [7, 11) is 0. The summed E-state index contributed by atoms with van der Waals surface area (Å²) < 4.78 is 0. The van der Waals surface area contributed by atoms with Crippen molar-refractivity contribution in [2.45, 2.75) is 6.04 Å². The average molecular weight is 185 g/mol. The van der Waals surface area contributed by atoms with E-state index >= 15 is 0 Å². The van der Waals surface area contributed by atoms with Gasteiger partial charge in [-0.3, -0.25) is 0 Å². The second-order valence-corrected chi connectivity index (χ2v) is 3.05. The second-order valence-electron chi connectivity index (χ2n) is 3.05. The minimum atomic E-state index is -0.221. The summed E-state index contributed by atoms with van der Waals surface area (Å²) in [5.74, 6) is 0. The van der Waals surface area contributed by atoms with E-state index in [0.717, 1.165) is 16.7 Å². The molecule has 0 saturated heterocycles. The van der Waals surface area contributed by atoms with Gasteiger partial charge in [0.15, 0.2) is 5.65 Å². The molecule has 3 nitrogen and oxygen atoms in total. The van der Waals surface area contributed by atoms with E-state index in [4.69, 9.17) is 5.73 Å². The number of hydrogen-bond acceptors (Lipinski definition) is 3. The largest absolute Gasteiger partial charge is 0.319 e. The van der Waals surface area contributed by atoms with Crippen molar-refractivity contribution >= 4 is 11.0 Å². The molecule has 3 heteroatoms. The van der Waals surface area contributed by atoms with Gasteiger partial charge in [0.2, 0.25) is 0 Å². The summed E-state index contributed by atoms with van der Waals surface area (Å²) in [5, 5.41) is 1.02. The molecule has 2 aromatic rings. The van der Waals surface area contributed by atoms with Crippen LogP contribution in [-0.4, -0.2) is 9.97 Å². The smallest absolute Gasteiger partial charge is 0.159 e. The maximum absolute atomic E-state index is 5.78. The molecule has 0 saturated carbocycles. The first-order valence-electron chi connectivity index (χ1n) is 4.41. The summed E-state index contributed by atoms with van der Waals surface area (Å²) in [5.41, 5.74) is 7.30. The Hall–Kier alpha value is -1.74. The van der Waals surface area contributed by atoms with E-state index in [0.29, 0.717) is 0 Å². The third-order valence-electron chi connectivity index (χ3n) is 2.08. The van der Waals surface area contributed by atoms with Crippen LogP contribution in [0.2, 0.25) is 0 Å². The van der Waals surface area contributed by atoms with Gasteiger partial charge in [0.05, 0.1) is 11.7 Å². The van der Waals surface area contributed by atoms with Gasteiger partial charge in [-0.15, -0.1) is 6.58 Å². The van der Waals surface area contributed by atoms with E-state index in [9.17, 15) is 0 Å². The molecule has 0 aliphatic heterocycles. The zero-order valence-corrected chi connectivity index (χ0v) is 7.72. The minimum absolute atomic E-state index is 0.221. The lowest BCUT2D eigenvalue weighted by Crippen LogP contribution is -2.08. The predicted molar refractivity (Wildman–Crippen MR) is 56.7 cm³/mol. The molecular weight excluding hydrogens is 174 g/mol. The Morgan fingerprint density at radius 1 is 1.36 bits per heavy atom. The summed E-state index contributed by atoms with van der Waals surface area (Å²) in [4.78, 5) is 8.50. The lowest BCUT2D eigenvalue weighted by Gasteiger charge is -2.05. The van der Waals surface area contributed by atoms with Crippen molar-refractivity contribution in [1.82, 2.24) is 9.97 Å². The Morgan fingerprint density at radius 3 is 3.00 bits per heavy atom. The fraction of sp³-hybridized carbons (Fsp3) is 0.0909. The maximum Gasteiger partial charge on any atom is 0.159 e. The van der Waals surface area contributed by atoms with Gasteiger partial charge in [-0.05, 0) is 24.3 Å². The number of rotatable bonds is 2. The van der Waals surface area contributed by atoms with Crippen LogP contribution in [0.5, 0.6) is 0 Å². The molecule has 2 aromatic heterocycles. The first kappa shape index (κ1) is 8.84. The van der Waals surface area contributed by atoms with Gasteiger partial charge in [-0.1, -0.05) is 6.08 Å². The highest BCUT2D eigenvalue weighted by Gasteiger charge is 2.03. The van der Waals surface area contributed by atoms with E-state index < -0.39 is 0 Å². The molecule has 2 heterocycles. The molecule has 2 rings (SSSR count). The molecule has 0 bridgehead atoms. The van der Waals surface area contributed by atoms with Gasteiger partial charge < -0.3 is 5.73 Å². The van der Waals surface area contributed by atoms with Crippen molar-refractivity contribution in [2.75, 3.05) is 0 Å². The van der Waals surface area contributed by atoms with Gasteiger partial charge in [0, 0.05) is 11.6 Å². The van der Waals surface area contributed by atoms with E-state index in [1.165, 1.54) is 0 Å². The molecule has 1 atom stereocenters. The highest BCUT2D eigenvalue weighted by Crippen LogP contribution is 2.13. The van der Waals surface area contributed by atoms with Crippen LogP contribution in [0.1, 0.15) is 11.7 Å². The van der Waals surface area contributed by atoms with Crippen LogP contribution in [0.3, 0.4) is 0 Å². The zero-order valence-electron chi connectivity index (χ0n) is 7.72. The first-order valence-corrected chi connectivity index (χ1v) is 4.41. The SMILES string of the molecule is C=CC(N)c1ccc2cccnc2n1. The van der Waals surface area contributed by atoms with Crippen molar-refractivity contribution in [3.05, 3.63) is 48.8 Å². The molecular formula is C11H11N3. The van der Waals surface area contributed by atoms with Gasteiger partial charge in [-0.2, -0.15) is 0 Å². The molecule has 0 aliphatic rings. The first-order chi connectivity index (χ1) is 6.81. The van der Waals surface area contributed by atoms with Crippen molar-refractivity contribution < 1.29 is 0 Å². The zero-order chi connectivity index (χ0) is 9.97. The van der Waals surface area contributed by atoms with Crippen LogP contribution < -0.4 is 5.73 Å². The van der Waals surface area contributed by atoms with Crippen LogP contribution in [0.15, 0.2) is 43.1 Å². The summed E-state index contributed by atoms with van der Waals surface area (Å²) in [6, 6.07) is 7.50. The van der Waals surface area contributed by atoms with E-state index in [1.807, 2.05) is 24.3 Å². The number of fused-ring (bicyclic) bond motifs is 1. The number of nitrogens with zero attached hydrogens (tertiary/aromatic N) is 2. The van der Waals surface area contributed by atoms with Crippen LogP contribution in [-0.2, 0) is 0 Å². The minimum Gasteiger partial charge on any atom is -0.319 e. The van der Waals surface area contributed by atoms with Crippen molar-refractivity contribution in [3.63, 3.8) is 0 Å². The fourth-order valence-corrected chi connectivity index (χ4v) is 1.27. The summed E-state index contributed by atoms with van der Waals surface area (Å²) >= 11 is 0. The molecule has 0 amide bonds. The Labute approximate surface area is 82.3 Å². The van der Waals surface area contributed by atoms with Crippen molar-refractivity contribution in [2.24, 2.45) is 5.73 Å². The van der Waals surface area contributed by atoms with E-state index in [1.54, 1.807) is 12.3 Å². The molecule has 14 heavy (non-hydrogen) atoms. The highest BCUT2D eigenvalue weighted by molar-refractivity contribution is 5.74. The number of nitrogens with two attached hydrogens (primary N) is 1. The number of hydrogen-bond donors (Lipinski definition) is 1. The third kappa shape index (κ3) is 1.49. The van der Waals surface area contributed by atoms with Crippen LogP contribution >= 0.6 is 0 Å². The van der Waals surface area contributed by atoms with Crippen LogP contribution in [0.25, 0.3) is 11.0 Å². The molecule has 2 N–H and O–H groups in total. The molecule has 0 spiro atoms. The molecule has 0 fully saturated rings. The summed E-state index contributed by atoms with van der Waals surface area (Å²) in [6.45, 7) is 3.63. The fourth-order valence-electron chi connectivity index (χ4n) is 1.27. The molecule has 0 aliphatic carbocycles. The van der Waals surface area contributed by atoms with Crippen LogP contribution in [0, 0.1) is 0 Å². The Morgan fingerprint density at radius 2 is 2.21 bits per heavy atom. The van der Waals surface area contributed by atoms with Crippen molar-refractivity contribution in [3.8, 4) is 0 Å². The number of aromatic nitrogens is 2. The third-order valence-corrected chi connectivity index (χ3v) is 2.08. The van der Waals surface area contributed by atoms with Gasteiger partial charge in [0.25, 0.3) is 0 Å². The Balaban J connectivity index is 2.56. The van der Waals surface area contributed by atoms with Gasteiger partial charge >= 0.3 is 0 Å². The molecule has 0 radical (unpaired) electrons. The van der Waals surface area contributed by atoms with Gasteiger partial charge in [-0.25, -0.2) is 9.97 Å². The van der Waals surface area contributed by atoms with Crippen LogP contribution in [0.4, 0.5) is 0 Å². The monoisotopic (exact) mass is 185 g/mol. The number of pyridine rings is 2. The summed E-state index contributed by atoms with van der Waals surface area (Å²) in [6.07, 6.45) is 3.38. The van der Waals surface area contributed by atoms with Gasteiger partial charge in [0.1, 0.15) is 0 Å². The molecule has 0 aromatic carbocycles. The predicted octanol–water partition coefficient (Wildman–Crippen LogP) is 1.82. The maximum atomic E-state index is 5.78. The quantitative estimate of drug-likeness (QED) is 0.726. The topological polar surface area (TPSA) is 51.8 Å². The Kier molecular flexibility index (Phi) is 2.24. The lowest BCUT2D eigenvalue weighted by atomic mass is 10.2. The molecule has 1 unspecified atom stereocenters.